The molecule has 5 nitrogen and oxygen atoms in total. The van der Waals surface area contributed by atoms with Crippen molar-refractivity contribution in [1.29, 1.82) is 0 Å². The number of ether oxygens (including phenoxy) is 1. The summed E-state index contributed by atoms with van der Waals surface area (Å²) in [5, 5.41) is 0. The highest BCUT2D eigenvalue weighted by Crippen LogP contribution is 2.26. The number of carbonyl (C=O) groups excluding carboxylic acids is 2. The quantitative estimate of drug-likeness (QED) is 0.780. The van der Waals surface area contributed by atoms with Gasteiger partial charge in [0.05, 0.1) is 0 Å². The van der Waals surface area contributed by atoms with E-state index in [2.05, 4.69) is 11.8 Å². The van der Waals surface area contributed by atoms with Crippen molar-refractivity contribution < 1.29 is 14.3 Å². The molecule has 0 aromatic rings. The van der Waals surface area contributed by atoms with Crippen molar-refractivity contribution in [1.82, 2.24) is 9.80 Å². The van der Waals surface area contributed by atoms with Gasteiger partial charge in [0.1, 0.15) is 0 Å². The lowest BCUT2D eigenvalue weighted by molar-refractivity contribution is -0.145. The Morgan fingerprint density at radius 2 is 1.43 bits per heavy atom. The van der Waals surface area contributed by atoms with Gasteiger partial charge in [0.2, 0.25) is 11.8 Å². The highest BCUT2D eigenvalue weighted by molar-refractivity contribution is 5.81. The van der Waals surface area contributed by atoms with Gasteiger partial charge in [-0.15, -0.1) is 0 Å². The first-order valence-corrected chi connectivity index (χ1v) is 9.30. The van der Waals surface area contributed by atoms with E-state index in [0.717, 1.165) is 58.3 Å². The number of carbonyl (C=O) groups is 2. The molecule has 3 heterocycles. The first kappa shape index (κ1) is 16.7. The summed E-state index contributed by atoms with van der Waals surface area (Å²) in [6.07, 6.45) is 5.74. The van der Waals surface area contributed by atoms with Gasteiger partial charge < -0.3 is 14.5 Å². The SMILES string of the molecule is CC1CCCN(C(=O)C2CCN(C(=O)C3CCOCC3)CC2)C1. The van der Waals surface area contributed by atoms with Gasteiger partial charge in [-0.3, -0.25) is 9.59 Å². The minimum Gasteiger partial charge on any atom is -0.381 e. The smallest absolute Gasteiger partial charge is 0.225 e. The van der Waals surface area contributed by atoms with E-state index >= 15 is 0 Å². The van der Waals surface area contributed by atoms with Crippen LogP contribution in [0.15, 0.2) is 0 Å². The molecule has 130 valence electrons. The highest BCUT2D eigenvalue weighted by atomic mass is 16.5. The molecule has 0 aromatic carbocycles. The fourth-order valence-corrected chi connectivity index (χ4v) is 4.20. The zero-order chi connectivity index (χ0) is 16.2. The van der Waals surface area contributed by atoms with E-state index in [9.17, 15) is 9.59 Å². The summed E-state index contributed by atoms with van der Waals surface area (Å²) in [7, 11) is 0. The van der Waals surface area contributed by atoms with Crippen molar-refractivity contribution in [3.05, 3.63) is 0 Å². The summed E-state index contributed by atoms with van der Waals surface area (Å²) in [6, 6.07) is 0. The number of piperidine rings is 2. The lowest BCUT2D eigenvalue weighted by Crippen LogP contribution is -2.48. The molecule has 3 saturated heterocycles. The van der Waals surface area contributed by atoms with Gasteiger partial charge in [-0.2, -0.15) is 0 Å². The van der Waals surface area contributed by atoms with E-state index in [1.807, 2.05) is 4.90 Å². The van der Waals surface area contributed by atoms with Gasteiger partial charge in [-0.1, -0.05) is 6.92 Å². The molecule has 0 saturated carbocycles. The molecule has 1 unspecified atom stereocenters. The second kappa shape index (κ2) is 7.65. The second-order valence-electron chi connectivity index (χ2n) is 7.52. The molecule has 0 spiro atoms. The minimum absolute atomic E-state index is 0.124. The Bertz CT molecular complexity index is 426. The maximum Gasteiger partial charge on any atom is 0.225 e. The van der Waals surface area contributed by atoms with E-state index in [4.69, 9.17) is 4.74 Å². The zero-order valence-electron chi connectivity index (χ0n) is 14.3. The molecule has 23 heavy (non-hydrogen) atoms. The van der Waals surface area contributed by atoms with Crippen LogP contribution in [0.2, 0.25) is 0 Å². The topological polar surface area (TPSA) is 49.9 Å². The van der Waals surface area contributed by atoms with Crippen LogP contribution in [0.5, 0.6) is 0 Å². The Balaban J connectivity index is 1.47. The summed E-state index contributed by atoms with van der Waals surface area (Å²) >= 11 is 0. The molecule has 3 fully saturated rings. The molecule has 0 N–H and O–H groups in total. The zero-order valence-corrected chi connectivity index (χ0v) is 14.3. The van der Waals surface area contributed by atoms with Gasteiger partial charge in [-0.05, 0) is 44.4 Å². The molecule has 3 rings (SSSR count). The summed E-state index contributed by atoms with van der Waals surface area (Å²) in [5.41, 5.74) is 0. The third kappa shape index (κ3) is 4.06. The van der Waals surface area contributed by atoms with Crippen LogP contribution < -0.4 is 0 Å². The number of hydrogen-bond acceptors (Lipinski definition) is 3. The number of amides is 2. The van der Waals surface area contributed by atoms with Crippen LogP contribution in [0.3, 0.4) is 0 Å². The van der Waals surface area contributed by atoms with E-state index < -0.39 is 0 Å². The second-order valence-corrected chi connectivity index (χ2v) is 7.52. The summed E-state index contributed by atoms with van der Waals surface area (Å²) in [4.78, 5) is 29.3. The average molecular weight is 322 g/mol. The molecular weight excluding hydrogens is 292 g/mol. The van der Waals surface area contributed by atoms with Gasteiger partial charge in [0, 0.05) is 51.2 Å². The van der Waals surface area contributed by atoms with Crippen molar-refractivity contribution in [3.63, 3.8) is 0 Å². The van der Waals surface area contributed by atoms with Crippen LogP contribution in [0.25, 0.3) is 0 Å². The van der Waals surface area contributed by atoms with Crippen LogP contribution in [0.4, 0.5) is 0 Å². The lowest BCUT2D eigenvalue weighted by Gasteiger charge is -2.38. The molecule has 0 radical (unpaired) electrons. The Kier molecular flexibility index (Phi) is 5.57. The third-order valence-corrected chi connectivity index (χ3v) is 5.70. The molecule has 5 heteroatoms. The van der Waals surface area contributed by atoms with Gasteiger partial charge in [0.15, 0.2) is 0 Å². The fourth-order valence-electron chi connectivity index (χ4n) is 4.20. The lowest BCUT2D eigenvalue weighted by atomic mass is 9.91. The van der Waals surface area contributed by atoms with Crippen LogP contribution in [-0.4, -0.2) is 61.0 Å². The first-order valence-electron chi connectivity index (χ1n) is 9.30. The van der Waals surface area contributed by atoms with Gasteiger partial charge in [0.25, 0.3) is 0 Å². The van der Waals surface area contributed by atoms with Gasteiger partial charge in [-0.25, -0.2) is 0 Å². The normalized spacial score (nSPS) is 28.0. The van der Waals surface area contributed by atoms with E-state index in [-0.39, 0.29) is 17.7 Å². The van der Waals surface area contributed by atoms with Crippen LogP contribution >= 0.6 is 0 Å². The summed E-state index contributed by atoms with van der Waals surface area (Å²) in [6.45, 7) is 6.97. The standard InChI is InChI=1S/C18H30N2O3/c1-14-3-2-8-20(13-14)18(22)15-4-9-19(10-5-15)17(21)16-6-11-23-12-7-16/h14-16H,2-13H2,1H3. The molecule has 0 aromatic heterocycles. The summed E-state index contributed by atoms with van der Waals surface area (Å²) < 4.78 is 5.34. The molecule has 0 bridgehead atoms. The maximum absolute atomic E-state index is 12.7. The van der Waals surface area contributed by atoms with Crippen LogP contribution in [0, 0.1) is 17.8 Å². The Morgan fingerprint density at radius 1 is 0.826 bits per heavy atom. The Labute approximate surface area is 139 Å². The van der Waals surface area contributed by atoms with Crippen molar-refractivity contribution in [2.75, 3.05) is 39.4 Å². The van der Waals surface area contributed by atoms with Crippen LogP contribution in [0.1, 0.15) is 45.4 Å². The van der Waals surface area contributed by atoms with E-state index in [0.29, 0.717) is 25.0 Å². The number of likely N-dealkylation sites (tertiary alicyclic amines) is 2. The molecule has 1 atom stereocenters. The molecule has 3 aliphatic rings. The van der Waals surface area contributed by atoms with Gasteiger partial charge >= 0.3 is 0 Å². The molecule has 3 aliphatic heterocycles. The molecule has 2 amide bonds. The number of rotatable bonds is 2. The first-order chi connectivity index (χ1) is 11.1. The monoisotopic (exact) mass is 322 g/mol. The van der Waals surface area contributed by atoms with Crippen molar-refractivity contribution in [3.8, 4) is 0 Å². The Morgan fingerprint density at radius 3 is 2.09 bits per heavy atom. The predicted molar refractivity (Wildman–Crippen MR) is 87.8 cm³/mol. The number of hydrogen-bond donors (Lipinski definition) is 0. The van der Waals surface area contributed by atoms with E-state index in [1.165, 1.54) is 6.42 Å². The fraction of sp³-hybridized carbons (Fsp3) is 0.889. The van der Waals surface area contributed by atoms with Crippen molar-refractivity contribution >= 4 is 11.8 Å². The molecular formula is C18H30N2O3. The maximum atomic E-state index is 12.7. The highest BCUT2D eigenvalue weighted by Gasteiger charge is 2.33. The van der Waals surface area contributed by atoms with Crippen molar-refractivity contribution in [2.45, 2.75) is 45.4 Å². The minimum atomic E-state index is 0.124. The molecule has 0 aliphatic carbocycles. The van der Waals surface area contributed by atoms with Crippen molar-refractivity contribution in [2.24, 2.45) is 17.8 Å². The van der Waals surface area contributed by atoms with E-state index in [1.54, 1.807) is 0 Å². The Hall–Kier alpha value is -1.10. The van der Waals surface area contributed by atoms with Crippen LogP contribution in [-0.2, 0) is 14.3 Å². The largest absolute Gasteiger partial charge is 0.381 e. The predicted octanol–water partition coefficient (Wildman–Crippen LogP) is 1.91. The summed E-state index contributed by atoms with van der Waals surface area (Å²) in [5.74, 6) is 1.50. The third-order valence-electron chi connectivity index (χ3n) is 5.70. The average Bonchev–Trinajstić information content (AvgIpc) is 2.61. The number of nitrogens with zero attached hydrogens (tertiary/aromatic N) is 2.